The first kappa shape index (κ1) is 21.5. The Labute approximate surface area is 190 Å². The van der Waals surface area contributed by atoms with Gasteiger partial charge >= 0.3 is 0 Å². The van der Waals surface area contributed by atoms with Crippen molar-refractivity contribution >= 4 is 28.8 Å². The monoisotopic (exact) mass is 451 g/mol. The molecular weight excluding hydrogens is 430 g/mol. The number of pyridine rings is 1. The van der Waals surface area contributed by atoms with Crippen LogP contribution in [0.25, 0.3) is 5.65 Å². The van der Waals surface area contributed by atoms with Gasteiger partial charge in [0.1, 0.15) is 29.5 Å². The maximum atomic E-state index is 13.0. The Kier molecular flexibility index (Phi) is 6.18. The van der Waals surface area contributed by atoms with Crippen LogP contribution < -0.4 is 19.5 Å². The minimum Gasteiger partial charge on any atom is -0.495 e. The summed E-state index contributed by atoms with van der Waals surface area (Å²) < 4.78 is 18.5. The highest BCUT2D eigenvalue weighted by molar-refractivity contribution is 6.32. The highest BCUT2D eigenvalue weighted by Crippen LogP contribution is 2.36. The summed E-state index contributed by atoms with van der Waals surface area (Å²) in [6, 6.07) is 14.2. The highest BCUT2D eigenvalue weighted by Gasteiger charge is 2.17. The van der Waals surface area contributed by atoms with Gasteiger partial charge in [0.2, 0.25) is 0 Å². The van der Waals surface area contributed by atoms with Crippen molar-refractivity contribution in [1.82, 2.24) is 9.38 Å². The summed E-state index contributed by atoms with van der Waals surface area (Å²) >= 11 is 6.15. The van der Waals surface area contributed by atoms with Gasteiger partial charge in [-0.3, -0.25) is 4.79 Å². The molecule has 0 unspecified atom stereocenters. The van der Waals surface area contributed by atoms with E-state index in [1.807, 2.05) is 41.9 Å². The van der Waals surface area contributed by atoms with E-state index in [9.17, 15) is 4.79 Å². The van der Waals surface area contributed by atoms with Crippen LogP contribution >= 0.6 is 11.6 Å². The van der Waals surface area contributed by atoms with E-state index in [1.54, 1.807) is 30.3 Å². The van der Waals surface area contributed by atoms with Crippen molar-refractivity contribution < 1.29 is 19.0 Å². The minimum absolute atomic E-state index is 0.226. The Morgan fingerprint density at radius 1 is 1.06 bits per heavy atom. The number of nitrogens with one attached hydrogen (secondary N) is 1. The van der Waals surface area contributed by atoms with E-state index in [0.717, 1.165) is 16.9 Å². The fraction of sp³-hybridized carbons (Fsp3) is 0.167. The van der Waals surface area contributed by atoms with Crippen LogP contribution in [0, 0.1) is 6.92 Å². The molecule has 7 nitrogen and oxygen atoms in total. The average Bonchev–Trinajstić information content (AvgIpc) is 3.23. The number of nitrogens with zero attached hydrogens (tertiary/aromatic N) is 2. The Hall–Kier alpha value is -3.71. The topological polar surface area (TPSA) is 74.1 Å². The average molecular weight is 452 g/mol. The van der Waals surface area contributed by atoms with E-state index in [2.05, 4.69) is 10.3 Å². The van der Waals surface area contributed by atoms with Crippen LogP contribution in [0.15, 0.2) is 60.9 Å². The van der Waals surface area contributed by atoms with Crippen LogP contribution in [0.3, 0.4) is 0 Å². The molecule has 0 bridgehead atoms. The van der Waals surface area contributed by atoms with Gasteiger partial charge in [0.25, 0.3) is 5.91 Å². The first-order chi connectivity index (χ1) is 15.5. The summed E-state index contributed by atoms with van der Waals surface area (Å²) in [5, 5.41) is 3.23. The third-order valence-electron chi connectivity index (χ3n) is 4.96. The van der Waals surface area contributed by atoms with Gasteiger partial charge < -0.3 is 23.9 Å². The lowest BCUT2D eigenvalue weighted by atomic mass is 10.1. The zero-order chi connectivity index (χ0) is 22.7. The SMILES string of the molecule is COc1cc(NC(=O)c2ccccc2OCc2cn3cccc(C)c3n2)c(OC)cc1Cl. The number of rotatable bonds is 7. The van der Waals surface area contributed by atoms with Crippen molar-refractivity contribution in [3.05, 3.63) is 82.8 Å². The summed E-state index contributed by atoms with van der Waals surface area (Å²) in [5.41, 5.74) is 3.53. The largest absolute Gasteiger partial charge is 0.495 e. The van der Waals surface area contributed by atoms with Crippen molar-refractivity contribution in [2.75, 3.05) is 19.5 Å². The van der Waals surface area contributed by atoms with E-state index < -0.39 is 0 Å². The Bertz CT molecular complexity index is 1290. The number of carbonyl (C=O) groups is 1. The molecule has 2 heterocycles. The lowest BCUT2D eigenvalue weighted by Gasteiger charge is -2.14. The number of benzene rings is 2. The van der Waals surface area contributed by atoms with Crippen LogP contribution in [0.1, 0.15) is 21.6 Å². The number of imidazole rings is 1. The molecule has 0 aliphatic rings. The van der Waals surface area contributed by atoms with Crippen LogP contribution in [0.5, 0.6) is 17.2 Å². The fourth-order valence-corrected chi connectivity index (χ4v) is 3.58. The molecule has 0 aliphatic heterocycles. The van der Waals surface area contributed by atoms with Crippen molar-refractivity contribution in [3.8, 4) is 17.2 Å². The molecule has 164 valence electrons. The molecule has 4 aromatic rings. The van der Waals surface area contributed by atoms with E-state index in [4.69, 9.17) is 25.8 Å². The zero-order valence-corrected chi connectivity index (χ0v) is 18.6. The number of hydrogen-bond acceptors (Lipinski definition) is 5. The predicted molar refractivity (Wildman–Crippen MR) is 123 cm³/mol. The van der Waals surface area contributed by atoms with Crippen LogP contribution in [-0.4, -0.2) is 29.5 Å². The number of aromatic nitrogens is 2. The number of aryl methyl sites for hydroxylation is 1. The molecule has 0 aliphatic carbocycles. The second-order valence-corrected chi connectivity index (χ2v) is 7.49. The standard InChI is InChI=1S/C24H22ClN3O4/c1-15-7-6-10-28-13-16(26-23(15)28)14-32-20-9-5-4-8-17(20)24(29)27-19-12-21(30-2)18(25)11-22(19)31-3/h4-13H,14H2,1-3H3,(H,27,29). The third kappa shape index (κ3) is 4.33. The fourth-order valence-electron chi connectivity index (χ4n) is 3.35. The number of ether oxygens (including phenoxy) is 3. The zero-order valence-electron chi connectivity index (χ0n) is 17.9. The first-order valence-corrected chi connectivity index (χ1v) is 10.3. The van der Waals surface area contributed by atoms with Crippen molar-refractivity contribution in [3.63, 3.8) is 0 Å². The number of fused-ring (bicyclic) bond motifs is 1. The lowest BCUT2D eigenvalue weighted by Crippen LogP contribution is -2.14. The molecule has 0 fully saturated rings. The number of para-hydroxylation sites is 1. The van der Waals surface area contributed by atoms with Crippen LogP contribution in [0.4, 0.5) is 5.69 Å². The summed E-state index contributed by atoms with van der Waals surface area (Å²) in [6.45, 7) is 2.23. The smallest absolute Gasteiger partial charge is 0.259 e. The molecule has 32 heavy (non-hydrogen) atoms. The van der Waals surface area contributed by atoms with Crippen molar-refractivity contribution in [1.29, 1.82) is 0 Å². The molecule has 0 atom stereocenters. The van der Waals surface area contributed by atoms with E-state index in [-0.39, 0.29) is 12.5 Å². The van der Waals surface area contributed by atoms with Crippen molar-refractivity contribution in [2.45, 2.75) is 13.5 Å². The summed E-state index contributed by atoms with van der Waals surface area (Å²) in [5.74, 6) is 0.935. The number of anilines is 1. The van der Waals surface area contributed by atoms with Gasteiger partial charge in [0.15, 0.2) is 0 Å². The third-order valence-corrected chi connectivity index (χ3v) is 5.25. The molecular formula is C24H22ClN3O4. The van der Waals surface area contributed by atoms with E-state index >= 15 is 0 Å². The number of amides is 1. The van der Waals surface area contributed by atoms with Crippen LogP contribution in [-0.2, 0) is 6.61 Å². The lowest BCUT2D eigenvalue weighted by molar-refractivity contribution is 0.102. The summed E-state index contributed by atoms with van der Waals surface area (Å²) in [6.07, 6.45) is 3.85. The van der Waals surface area contributed by atoms with Gasteiger partial charge in [0, 0.05) is 24.5 Å². The van der Waals surface area contributed by atoms with Gasteiger partial charge in [-0.25, -0.2) is 4.98 Å². The second kappa shape index (κ2) is 9.20. The Balaban J connectivity index is 1.55. The summed E-state index contributed by atoms with van der Waals surface area (Å²) in [4.78, 5) is 17.7. The first-order valence-electron chi connectivity index (χ1n) is 9.88. The number of methoxy groups -OCH3 is 2. The second-order valence-electron chi connectivity index (χ2n) is 7.08. The molecule has 1 N–H and O–H groups in total. The van der Waals surface area contributed by atoms with Gasteiger partial charge in [0.05, 0.1) is 36.2 Å². The van der Waals surface area contributed by atoms with Gasteiger partial charge in [-0.1, -0.05) is 29.8 Å². The molecule has 2 aromatic heterocycles. The maximum absolute atomic E-state index is 13.0. The maximum Gasteiger partial charge on any atom is 0.259 e. The number of halogens is 1. The van der Waals surface area contributed by atoms with Crippen molar-refractivity contribution in [2.24, 2.45) is 0 Å². The number of hydrogen-bond donors (Lipinski definition) is 1. The molecule has 4 rings (SSSR count). The molecule has 2 aromatic carbocycles. The van der Waals surface area contributed by atoms with Gasteiger partial charge in [-0.15, -0.1) is 0 Å². The predicted octanol–water partition coefficient (Wildman–Crippen LogP) is 5.14. The molecule has 0 radical (unpaired) electrons. The van der Waals surface area contributed by atoms with Crippen LogP contribution in [0.2, 0.25) is 5.02 Å². The van der Waals surface area contributed by atoms with Gasteiger partial charge in [-0.05, 0) is 30.7 Å². The Morgan fingerprint density at radius 2 is 1.84 bits per heavy atom. The molecule has 0 spiro atoms. The van der Waals surface area contributed by atoms with Gasteiger partial charge in [-0.2, -0.15) is 0 Å². The molecule has 0 saturated carbocycles. The number of carbonyl (C=O) groups excluding carboxylic acids is 1. The minimum atomic E-state index is -0.353. The molecule has 1 amide bonds. The van der Waals surface area contributed by atoms with E-state index in [1.165, 1.54) is 14.2 Å². The normalized spacial score (nSPS) is 10.8. The summed E-state index contributed by atoms with van der Waals surface area (Å²) in [7, 11) is 3.00. The highest BCUT2D eigenvalue weighted by atomic mass is 35.5. The molecule has 0 saturated heterocycles. The molecule has 8 heteroatoms. The van der Waals surface area contributed by atoms with E-state index in [0.29, 0.717) is 33.5 Å². The Morgan fingerprint density at radius 3 is 2.59 bits per heavy atom. The quantitative estimate of drug-likeness (QED) is 0.421.